The molecule has 0 amide bonds. The van der Waals surface area contributed by atoms with Gasteiger partial charge >= 0.3 is 0 Å². The molecule has 0 bridgehead atoms. The molecular formula is C24H16Cl3N3S. The number of aryl methyl sites for hydroxylation is 2. The SMILES string of the molecule is N#CC(=Cc1c(-c2ccc(Cl)cc2Cl)nc2sc3c(n12)CCCC3)c1cccc(Cl)c1. The van der Waals surface area contributed by atoms with Gasteiger partial charge in [-0.05, 0) is 67.7 Å². The second-order valence-corrected chi connectivity index (χ2v) is 9.79. The fraction of sp³-hybridized carbons (Fsp3) is 0.167. The quantitative estimate of drug-likeness (QED) is 0.277. The van der Waals surface area contributed by atoms with E-state index in [2.05, 4.69) is 10.5 Å². The maximum Gasteiger partial charge on any atom is 0.195 e. The van der Waals surface area contributed by atoms with Gasteiger partial charge in [-0.15, -0.1) is 11.3 Å². The Bertz CT molecular complexity index is 1390. The number of nitrogens with zero attached hydrogens (tertiary/aromatic N) is 3. The van der Waals surface area contributed by atoms with Crippen LogP contribution in [0.5, 0.6) is 0 Å². The van der Waals surface area contributed by atoms with Crippen molar-refractivity contribution in [2.24, 2.45) is 0 Å². The molecule has 0 fully saturated rings. The number of fused-ring (bicyclic) bond motifs is 3. The summed E-state index contributed by atoms with van der Waals surface area (Å²) in [4.78, 5) is 7.24. The van der Waals surface area contributed by atoms with Crippen molar-refractivity contribution < 1.29 is 0 Å². The first-order chi connectivity index (χ1) is 15.0. The average molecular weight is 485 g/mol. The highest BCUT2D eigenvalue weighted by molar-refractivity contribution is 7.17. The van der Waals surface area contributed by atoms with Crippen LogP contribution in [0.15, 0.2) is 42.5 Å². The molecule has 2 heterocycles. The molecule has 154 valence electrons. The first-order valence-corrected chi connectivity index (χ1v) is 11.9. The molecule has 1 aliphatic rings. The Morgan fingerprint density at radius 3 is 2.65 bits per heavy atom. The number of benzene rings is 2. The van der Waals surface area contributed by atoms with Crippen LogP contribution in [0.2, 0.25) is 15.1 Å². The fourth-order valence-corrected chi connectivity index (χ4v) is 5.95. The van der Waals surface area contributed by atoms with Crippen molar-refractivity contribution >= 4 is 62.7 Å². The minimum atomic E-state index is 0.520. The number of hydrogen-bond acceptors (Lipinski definition) is 3. The van der Waals surface area contributed by atoms with Crippen LogP contribution in [0, 0.1) is 11.3 Å². The molecule has 0 N–H and O–H groups in total. The maximum atomic E-state index is 9.95. The summed E-state index contributed by atoms with van der Waals surface area (Å²) in [5, 5.41) is 11.6. The van der Waals surface area contributed by atoms with Gasteiger partial charge in [-0.3, -0.25) is 4.40 Å². The van der Waals surface area contributed by atoms with Crippen molar-refractivity contribution in [3.8, 4) is 17.3 Å². The van der Waals surface area contributed by atoms with E-state index in [1.54, 1.807) is 35.6 Å². The molecule has 0 aliphatic heterocycles. The minimum Gasteiger partial charge on any atom is -0.287 e. The fourth-order valence-electron chi connectivity index (χ4n) is 4.05. The second kappa shape index (κ2) is 8.33. The second-order valence-electron chi connectivity index (χ2n) is 7.45. The van der Waals surface area contributed by atoms with Crippen LogP contribution in [-0.4, -0.2) is 9.38 Å². The first-order valence-electron chi connectivity index (χ1n) is 9.91. The lowest BCUT2D eigenvalue weighted by Gasteiger charge is -2.12. The molecule has 2 aromatic carbocycles. The van der Waals surface area contributed by atoms with E-state index in [4.69, 9.17) is 39.8 Å². The van der Waals surface area contributed by atoms with Gasteiger partial charge in [0.25, 0.3) is 0 Å². The summed E-state index contributed by atoms with van der Waals surface area (Å²) < 4.78 is 2.20. The van der Waals surface area contributed by atoms with Gasteiger partial charge in [0, 0.05) is 26.2 Å². The third kappa shape index (κ3) is 3.77. The normalized spacial score (nSPS) is 13.9. The van der Waals surface area contributed by atoms with Gasteiger partial charge in [0.05, 0.1) is 28.1 Å². The highest BCUT2D eigenvalue weighted by Gasteiger charge is 2.24. The van der Waals surface area contributed by atoms with Gasteiger partial charge in [0.15, 0.2) is 4.96 Å². The Morgan fingerprint density at radius 1 is 1.06 bits per heavy atom. The zero-order chi connectivity index (χ0) is 21.5. The molecule has 0 radical (unpaired) electrons. The Kier molecular flexibility index (Phi) is 5.54. The summed E-state index contributed by atoms with van der Waals surface area (Å²) in [5.41, 5.74) is 4.96. The highest BCUT2D eigenvalue weighted by Crippen LogP contribution is 2.39. The molecule has 0 atom stereocenters. The number of allylic oxidation sites excluding steroid dienone is 1. The number of rotatable bonds is 3. The van der Waals surface area contributed by atoms with E-state index in [1.165, 1.54) is 17.0 Å². The molecule has 0 spiro atoms. The molecule has 7 heteroatoms. The smallest absolute Gasteiger partial charge is 0.195 e. The minimum absolute atomic E-state index is 0.520. The number of thiazole rings is 1. The molecule has 5 rings (SSSR count). The van der Waals surface area contributed by atoms with Crippen LogP contribution >= 0.6 is 46.1 Å². The molecule has 0 saturated heterocycles. The van der Waals surface area contributed by atoms with E-state index in [0.717, 1.165) is 46.7 Å². The van der Waals surface area contributed by atoms with Crippen molar-refractivity contribution in [3.05, 3.63) is 79.4 Å². The Balaban J connectivity index is 1.80. The predicted molar refractivity (Wildman–Crippen MR) is 130 cm³/mol. The van der Waals surface area contributed by atoms with Crippen molar-refractivity contribution in [1.29, 1.82) is 5.26 Å². The molecule has 3 nitrogen and oxygen atoms in total. The van der Waals surface area contributed by atoms with Gasteiger partial charge in [0.1, 0.15) is 0 Å². The van der Waals surface area contributed by atoms with E-state index in [-0.39, 0.29) is 0 Å². The molecule has 1 aliphatic carbocycles. The van der Waals surface area contributed by atoms with Crippen LogP contribution in [0.1, 0.15) is 34.7 Å². The third-order valence-corrected chi connectivity index (χ3v) is 7.40. The Hall–Kier alpha value is -2.29. The van der Waals surface area contributed by atoms with Gasteiger partial charge in [-0.25, -0.2) is 4.98 Å². The monoisotopic (exact) mass is 483 g/mol. The summed E-state index contributed by atoms with van der Waals surface area (Å²) in [5.74, 6) is 0. The maximum absolute atomic E-state index is 9.95. The van der Waals surface area contributed by atoms with Gasteiger partial charge in [-0.1, -0.05) is 46.9 Å². The first kappa shape index (κ1) is 20.6. The predicted octanol–water partition coefficient (Wildman–Crippen LogP) is 7.97. The summed E-state index contributed by atoms with van der Waals surface area (Å²) in [6, 6.07) is 15.1. The summed E-state index contributed by atoms with van der Waals surface area (Å²) in [6.45, 7) is 0. The molecular weight excluding hydrogens is 469 g/mol. The van der Waals surface area contributed by atoms with Crippen LogP contribution in [0.3, 0.4) is 0 Å². The molecule has 31 heavy (non-hydrogen) atoms. The van der Waals surface area contributed by atoms with Crippen LogP contribution < -0.4 is 0 Å². The Labute approximate surface area is 199 Å². The average Bonchev–Trinajstić information content (AvgIpc) is 3.28. The number of halogens is 3. The summed E-state index contributed by atoms with van der Waals surface area (Å²) >= 11 is 20.6. The zero-order valence-electron chi connectivity index (χ0n) is 16.3. The molecule has 0 saturated carbocycles. The lowest BCUT2D eigenvalue weighted by molar-refractivity contribution is 0.674. The van der Waals surface area contributed by atoms with Crippen molar-refractivity contribution in [3.63, 3.8) is 0 Å². The van der Waals surface area contributed by atoms with Crippen LogP contribution in [0.4, 0.5) is 0 Å². The number of nitriles is 1. The number of imidazole rings is 1. The highest BCUT2D eigenvalue weighted by atomic mass is 35.5. The number of hydrogen-bond donors (Lipinski definition) is 0. The van der Waals surface area contributed by atoms with E-state index in [0.29, 0.717) is 20.6 Å². The van der Waals surface area contributed by atoms with E-state index in [9.17, 15) is 5.26 Å². The topological polar surface area (TPSA) is 41.1 Å². The van der Waals surface area contributed by atoms with Gasteiger partial charge in [-0.2, -0.15) is 5.26 Å². The van der Waals surface area contributed by atoms with Gasteiger partial charge < -0.3 is 0 Å². The Morgan fingerprint density at radius 2 is 1.87 bits per heavy atom. The zero-order valence-corrected chi connectivity index (χ0v) is 19.4. The van der Waals surface area contributed by atoms with E-state index in [1.807, 2.05) is 24.3 Å². The molecule has 4 aromatic rings. The van der Waals surface area contributed by atoms with E-state index < -0.39 is 0 Å². The standard InChI is InChI=1S/C24H16Cl3N3S/c25-16-5-3-4-14(10-16)15(13-28)11-21-23(18-9-8-17(26)12-19(18)27)29-24-30(21)20-6-1-2-7-22(20)31-24/h3-5,8-12H,1-2,6-7H2. The number of aromatic nitrogens is 2. The third-order valence-electron chi connectivity index (χ3n) is 5.48. The van der Waals surface area contributed by atoms with Crippen LogP contribution in [-0.2, 0) is 12.8 Å². The lowest BCUT2D eigenvalue weighted by Crippen LogP contribution is -2.04. The molecule has 2 aromatic heterocycles. The van der Waals surface area contributed by atoms with E-state index >= 15 is 0 Å². The largest absolute Gasteiger partial charge is 0.287 e. The lowest BCUT2D eigenvalue weighted by atomic mass is 10.0. The summed E-state index contributed by atoms with van der Waals surface area (Å²) in [7, 11) is 0. The molecule has 0 unspecified atom stereocenters. The van der Waals surface area contributed by atoms with Crippen LogP contribution in [0.25, 0.3) is 27.9 Å². The van der Waals surface area contributed by atoms with Gasteiger partial charge in [0.2, 0.25) is 0 Å². The summed E-state index contributed by atoms with van der Waals surface area (Å²) in [6.07, 6.45) is 6.32. The van der Waals surface area contributed by atoms with Crippen molar-refractivity contribution in [2.45, 2.75) is 25.7 Å². The van der Waals surface area contributed by atoms with Crippen molar-refractivity contribution in [2.75, 3.05) is 0 Å². The van der Waals surface area contributed by atoms with Crippen molar-refractivity contribution in [1.82, 2.24) is 9.38 Å².